The van der Waals surface area contributed by atoms with E-state index in [2.05, 4.69) is 29.2 Å². The van der Waals surface area contributed by atoms with Gasteiger partial charge in [-0.15, -0.1) is 0 Å². The molecule has 0 aromatic heterocycles. The van der Waals surface area contributed by atoms with E-state index in [1.165, 1.54) is 10.8 Å². The SMILES string of the molecule is OCC1CCN(CCOc2ccc3ccccc3c2)C1. The smallest absolute Gasteiger partial charge is 0.120 e. The fraction of sp³-hybridized carbons (Fsp3) is 0.412. The highest BCUT2D eigenvalue weighted by Gasteiger charge is 2.21. The summed E-state index contributed by atoms with van der Waals surface area (Å²) in [5, 5.41) is 11.6. The van der Waals surface area contributed by atoms with Crippen LogP contribution in [0.4, 0.5) is 0 Å². The summed E-state index contributed by atoms with van der Waals surface area (Å²) in [6, 6.07) is 14.5. The summed E-state index contributed by atoms with van der Waals surface area (Å²) < 4.78 is 5.84. The Morgan fingerprint density at radius 1 is 1.15 bits per heavy atom. The Morgan fingerprint density at radius 3 is 2.80 bits per heavy atom. The zero-order valence-electron chi connectivity index (χ0n) is 11.7. The third-order valence-corrected chi connectivity index (χ3v) is 4.03. The van der Waals surface area contributed by atoms with E-state index in [1.54, 1.807) is 0 Å². The number of rotatable bonds is 5. The molecule has 0 saturated carbocycles. The first kappa shape index (κ1) is 13.4. The molecule has 3 rings (SSSR count). The molecule has 2 aromatic rings. The maximum absolute atomic E-state index is 9.13. The summed E-state index contributed by atoms with van der Waals surface area (Å²) in [5.74, 6) is 1.39. The molecular formula is C17H21NO2. The molecular weight excluding hydrogens is 250 g/mol. The van der Waals surface area contributed by atoms with Crippen molar-refractivity contribution in [2.75, 3.05) is 32.8 Å². The molecule has 1 fully saturated rings. The molecule has 3 nitrogen and oxygen atoms in total. The number of ether oxygens (including phenoxy) is 1. The first-order chi connectivity index (χ1) is 9.85. The van der Waals surface area contributed by atoms with Crippen LogP contribution >= 0.6 is 0 Å². The fourth-order valence-electron chi connectivity index (χ4n) is 2.81. The zero-order chi connectivity index (χ0) is 13.8. The first-order valence-corrected chi connectivity index (χ1v) is 7.30. The zero-order valence-corrected chi connectivity index (χ0v) is 11.7. The van der Waals surface area contributed by atoms with Gasteiger partial charge in [0.25, 0.3) is 0 Å². The lowest BCUT2D eigenvalue weighted by molar-refractivity contribution is 0.204. The lowest BCUT2D eigenvalue weighted by Gasteiger charge is -2.16. The number of aliphatic hydroxyl groups is 1. The van der Waals surface area contributed by atoms with Crippen molar-refractivity contribution >= 4 is 10.8 Å². The van der Waals surface area contributed by atoms with Crippen molar-refractivity contribution in [1.29, 1.82) is 0 Å². The molecule has 0 spiro atoms. The highest BCUT2D eigenvalue weighted by Crippen LogP contribution is 2.21. The number of nitrogens with zero attached hydrogens (tertiary/aromatic N) is 1. The van der Waals surface area contributed by atoms with Gasteiger partial charge in [0.1, 0.15) is 12.4 Å². The number of likely N-dealkylation sites (tertiary alicyclic amines) is 1. The Morgan fingerprint density at radius 2 is 2.00 bits per heavy atom. The monoisotopic (exact) mass is 271 g/mol. The summed E-state index contributed by atoms with van der Waals surface area (Å²) in [6.07, 6.45) is 1.10. The molecule has 3 heteroatoms. The van der Waals surface area contributed by atoms with Gasteiger partial charge in [-0.3, -0.25) is 4.90 Å². The van der Waals surface area contributed by atoms with Crippen molar-refractivity contribution in [3.05, 3.63) is 42.5 Å². The summed E-state index contributed by atoms with van der Waals surface area (Å²) in [6.45, 7) is 4.02. The Balaban J connectivity index is 1.52. The molecule has 2 aromatic carbocycles. The lowest BCUT2D eigenvalue weighted by Crippen LogP contribution is -2.26. The van der Waals surface area contributed by atoms with E-state index < -0.39 is 0 Å². The standard InChI is InChI=1S/C17H21NO2/c19-13-14-7-8-18(12-14)9-10-20-17-6-5-15-3-1-2-4-16(15)11-17/h1-6,11,14,19H,7-10,12-13H2. The minimum absolute atomic E-state index is 0.308. The molecule has 1 unspecified atom stereocenters. The highest BCUT2D eigenvalue weighted by atomic mass is 16.5. The van der Waals surface area contributed by atoms with Crippen LogP contribution in [0.25, 0.3) is 10.8 Å². The van der Waals surface area contributed by atoms with E-state index in [0.29, 0.717) is 19.1 Å². The molecule has 1 saturated heterocycles. The maximum atomic E-state index is 9.13. The van der Waals surface area contributed by atoms with Crippen LogP contribution in [0.5, 0.6) is 5.75 Å². The normalized spacial score (nSPS) is 19.6. The van der Waals surface area contributed by atoms with Crippen LogP contribution in [0.15, 0.2) is 42.5 Å². The van der Waals surface area contributed by atoms with Gasteiger partial charge in [-0.2, -0.15) is 0 Å². The predicted octanol–water partition coefficient (Wildman–Crippen LogP) is 2.53. The Kier molecular flexibility index (Phi) is 4.19. The molecule has 1 aliphatic rings. The van der Waals surface area contributed by atoms with Gasteiger partial charge in [-0.1, -0.05) is 30.3 Å². The van der Waals surface area contributed by atoms with E-state index in [-0.39, 0.29) is 0 Å². The Labute approximate surface area is 119 Å². The second-order valence-electron chi connectivity index (χ2n) is 5.50. The van der Waals surface area contributed by atoms with E-state index in [9.17, 15) is 0 Å². The Hall–Kier alpha value is -1.58. The molecule has 1 N–H and O–H groups in total. The second-order valence-corrected chi connectivity index (χ2v) is 5.50. The number of hydrogen-bond donors (Lipinski definition) is 1. The van der Waals surface area contributed by atoms with Crippen LogP contribution in [0.2, 0.25) is 0 Å². The maximum Gasteiger partial charge on any atom is 0.120 e. The van der Waals surface area contributed by atoms with Gasteiger partial charge in [0.15, 0.2) is 0 Å². The van der Waals surface area contributed by atoms with Crippen molar-refractivity contribution in [3.8, 4) is 5.75 Å². The van der Waals surface area contributed by atoms with E-state index in [1.807, 2.05) is 18.2 Å². The highest BCUT2D eigenvalue weighted by molar-refractivity contribution is 5.83. The van der Waals surface area contributed by atoms with E-state index in [4.69, 9.17) is 9.84 Å². The average Bonchev–Trinajstić information content (AvgIpc) is 2.95. The van der Waals surface area contributed by atoms with Crippen molar-refractivity contribution in [3.63, 3.8) is 0 Å². The van der Waals surface area contributed by atoms with Gasteiger partial charge in [0.2, 0.25) is 0 Å². The Bertz CT molecular complexity index is 570. The lowest BCUT2D eigenvalue weighted by atomic mass is 10.1. The third-order valence-electron chi connectivity index (χ3n) is 4.03. The molecule has 0 radical (unpaired) electrons. The number of aliphatic hydroxyl groups excluding tert-OH is 1. The fourth-order valence-corrected chi connectivity index (χ4v) is 2.81. The molecule has 1 atom stereocenters. The van der Waals surface area contributed by atoms with Crippen LogP contribution in [0.1, 0.15) is 6.42 Å². The van der Waals surface area contributed by atoms with Crippen molar-refractivity contribution in [2.24, 2.45) is 5.92 Å². The number of benzene rings is 2. The molecule has 1 aliphatic heterocycles. The van der Waals surface area contributed by atoms with E-state index in [0.717, 1.165) is 31.8 Å². The van der Waals surface area contributed by atoms with Crippen molar-refractivity contribution < 1.29 is 9.84 Å². The molecule has 20 heavy (non-hydrogen) atoms. The van der Waals surface area contributed by atoms with Gasteiger partial charge < -0.3 is 9.84 Å². The minimum Gasteiger partial charge on any atom is -0.492 e. The molecule has 1 heterocycles. The van der Waals surface area contributed by atoms with Gasteiger partial charge in [-0.05, 0) is 41.8 Å². The molecule has 0 bridgehead atoms. The minimum atomic E-state index is 0.308. The average molecular weight is 271 g/mol. The first-order valence-electron chi connectivity index (χ1n) is 7.30. The molecule has 0 aliphatic carbocycles. The second kappa shape index (κ2) is 6.25. The summed E-state index contributed by atoms with van der Waals surface area (Å²) in [4.78, 5) is 2.36. The topological polar surface area (TPSA) is 32.7 Å². The van der Waals surface area contributed by atoms with Crippen LogP contribution < -0.4 is 4.74 Å². The van der Waals surface area contributed by atoms with Crippen molar-refractivity contribution in [1.82, 2.24) is 4.90 Å². The number of hydrogen-bond acceptors (Lipinski definition) is 3. The number of fused-ring (bicyclic) bond motifs is 1. The summed E-state index contributed by atoms with van der Waals surface area (Å²) >= 11 is 0. The van der Waals surface area contributed by atoms with Gasteiger partial charge >= 0.3 is 0 Å². The van der Waals surface area contributed by atoms with Gasteiger partial charge in [0, 0.05) is 19.7 Å². The van der Waals surface area contributed by atoms with Crippen LogP contribution in [-0.2, 0) is 0 Å². The third kappa shape index (κ3) is 3.11. The summed E-state index contributed by atoms with van der Waals surface area (Å²) in [5.41, 5.74) is 0. The van der Waals surface area contributed by atoms with Crippen LogP contribution in [0.3, 0.4) is 0 Å². The van der Waals surface area contributed by atoms with Crippen LogP contribution in [-0.4, -0.2) is 42.9 Å². The largest absolute Gasteiger partial charge is 0.492 e. The molecule has 106 valence electrons. The molecule has 0 amide bonds. The van der Waals surface area contributed by atoms with Crippen LogP contribution in [0, 0.1) is 5.92 Å². The quantitative estimate of drug-likeness (QED) is 0.907. The van der Waals surface area contributed by atoms with E-state index >= 15 is 0 Å². The van der Waals surface area contributed by atoms with Gasteiger partial charge in [-0.25, -0.2) is 0 Å². The van der Waals surface area contributed by atoms with Gasteiger partial charge in [0.05, 0.1) is 0 Å². The summed E-state index contributed by atoms with van der Waals surface area (Å²) in [7, 11) is 0. The van der Waals surface area contributed by atoms with Crippen molar-refractivity contribution in [2.45, 2.75) is 6.42 Å². The predicted molar refractivity (Wildman–Crippen MR) is 81.1 cm³/mol.